The molecule has 5 nitrogen and oxygen atoms in total. The van der Waals surface area contributed by atoms with Crippen molar-refractivity contribution in [2.45, 2.75) is 24.9 Å². The summed E-state index contributed by atoms with van der Waals surface area (Å²) in [6.45, 7) is 0. The Bertz CT molecular complexity index is 1180. The summed E-state index contributed by atoms with van der Waals surface area (Å²) >= 11 is 6.24. The fraction of sp³-hybridized carbons (Fsp3) is 0.190. The Morgan fingerprint density at radius 3 is 2.61 bits per heavy atom. The number of rotatable bonds is 4. The molecule has 0 radical (unpaired) electrons. The lowest BCUT2D eigenvalue weighted by atomic mass is 9.95. The molecule has 1 aliphatic rings. The van der Waals surface area contributed by atoms with Crippen LogP contribution in [0.25, 0.3) is 11.1 Å². The normalized spacial score (nSPS) is 13.8. The summed E-state index contributed by atoms with van der Waals surface area (Å²) in [6.07, 6.45) is 1.18. The maximum absolute atomic E-state index is 15.0. The Balaban J connectivity index is 1.67. The molecule has 1 fully saturated rings. The molecule has 0 saturated heterocycles. The molecule has 4 rings (SSSR count). The highest BCUT2D eigenvalue weighted by Crippen LogP contribution is 2.46. The zero-order valence-corrected chi connectivity index (χ0v) is 16.6. The number of hydrogen-bond donors (Lipinski definition) is 2. The minimum Gasteiger partial charge on any atom is -0.397 e. The summed E-state index contributed by atoms with van der Waals surface area (Å²) in [5.74, 6) is -1.36. The quantitative estimate of drug-likeness (QED) is 0.502. The molecule has 0 spiro atoms. The number of halogens is 5. The Labute approximate surface area is 179 Å². The van der Waals surface area contributed by atoms with Gasteiger partial charge < -0.3 is 11.1 Å². The van der Waals surface area contributed by atoms with Crippen molar-refractivity contribution in [3.63, 3.8) is 0 Å². The molecule has 31 heavy (non-hydrogen) atoms. The van der Waals surface area contributed by atoms with Gasteiger partial charge in [-0.1, -0.05) is 11.6 Å². The van der Waals surface area contributed by atoms with Gasteiger partial charge in [-0.15, -0.1) is 0 Å². The largest absolute Gasteiger partial charge is 0.433 e. The first-order valence-corrected chi connectivity index (χ1v) is 9.60. The number of carbonyl (C=O) groups excluding carboxylic acids is 1. The van der Waals surface area contributed by atoms with Crippen molar-refractivity contribution in [3.8, 4) is 11.1 Å². The third-order valence-electron chi connectivity index (χ3n) is 4.90. The van der Waals surface area contributed by atoms with Crippen LogP contribution in [-0.4, -0.2) is 15.9 Å². The lowest BCUT2D eigenvalue weighted by Gasteiger charge is -2.15. The van der Waals surface area contributed by atoms with Crippen LogP contribution in [0.2, 0.25) is 5.02 Å². The Morgan fingerprint density at radius 1 is 1.19 bits per heavy atom. The van der Waals surface area contributed by atoms with Crippen LogP contribution >= 0.6 is 11.6 Å². The van der Waals surface area contributed by atoms with Crippen LogP contribution < -0.4 is 11.1 Å². The standard InChI is InChI=1S/C21H15ClF4N4O/c22-15-6-13(19-14(10-1-2-10)8-28-9-17(19)27)16(23)7-12(15)20(31)30-11-3-4-29-18(5-11)21(24,25)26/h3-10H,1-2,27H2,(H,29,30,31). The van der Waals surface area contributed by atoms with Crippen molar-refractivity contribution in [1.82, 2.24) is 9.97 Å². The van der Waals surface area contributed by atoms with Gasteiger partial charge in [0.25, 0.3) is 5.91 Å². The molecule has 1 saturated carbocycles. The average Bonchev–Trinajstić information content (AvgIpc) is 3.54. The number of hydrogen-bond acceptors (Lipinski definition) is 4. The van der Waals surface area contributed by atoms with Gasteiger partial charge in [-0.3, -0.25) is 14.8 Å². The molecule has 3 aromatic rings. The highest BCUT2D eigenvalue weighted by Gasteiger charge is 2.33. The molecule has 3 N–H and O–H groups in total. The molecule has 10 heteroatoms. The van der Waals surface area contributed by atoms with Gasteiger partial charge in [-0.2, -0.15) is 13.2 Å². The van der Waals surface area contributed by atoms with E-state index in [1.165, 1.54) is 18.3 Å². The molecule has 1 aromatic carbocycles. The van der Waals surface area contributed by atoms with E-state index in [0.29, 0.717) is 11.6 Å². The fourth-order valence-corrected chi connectivity index (χ4v) is 3.53. The first-order valence-electron chi connectivity index (χ1n) is 9.22. The van der Waals surface area contributed by atoms with Crippen LogP contribution in [0.4, 0.5) is 28.9 Å². The van der Waals surface area contributed by atoms with E-state index in [0.717, 1.165) is 30.7 Å². The number of benzene rings is 1. The zero-order chi connectivity index (χ0) is 22.3. The number of aromatic nitrogens is 2. The van der Waals surface area contributed by atoms with Gasteiger partial charge in [0.15, 0.2) is 0 Å². The van der Waals surface area contributed by atoms with E-state index < -0.39 is 23.6 Å². The Hall–Kier alpha value is -3.20. The van der Waals surface area contributed by atoms with Crippen molar-refractivity contribution in [3.05, 3.63) is 70.5 Å². The summed E-state index contributed by atoms with van der Waals surface area (Å²) in [5.41, 5.74) is 6.20. The number of nitrogens with one attached hydrogen (secondary N) is 1. The highest BCUT2D eigenvalue weighted by atomic mass is 35.5. The molecule has 160 valence electrons. The zero-order valence-electron chi connectivity index (χ0n) is 15.8. The lowest BCUT2D eigenvalue weighted by Crippen LogP contribution is -2.15. The van der Waals surface area contributed by atoms with E-state index in [4.69, 9.17) is 17.3 Å². The van der Waals surface area contributed by atoms with Gasteiger partial charge in [-0.25, -0.2) is 4.39 Å². The van der Waals surface area contributed by atoms with E-state index in [1.54, 1.807) is 6.20 Å². The molecule has 2 aromatic heterocycles. The molecule has 0 atom stereocenters. The van der Waals surface area contributed by atoms with Crippen molar-refractivity contribution >= 4 is 28.9 Å². The SMILES string of the molecule is Nc1cncc(C2CC2)c1-c1cc(Cl)c(C(=O)Nc2ccnc(C(F)(F)F)c2)cc1F. The van der Waals surface area contributed by atoms with Crippen LogP contribution in [-0.2, 0) is 6.18 Å². The number of carbonyl (C=O) groups is 1. The molecular weight excluding hydrogens is 436 g/mol. The number of nitrogen functional groups attached to an aromatic ring is 1. The van der Waals surface area contributed by atoms with Crippen LogP contribution in [0, 0.1) is 5.82 Å². The van der Waals surface area contributed by atoms with Gasteiger partial charge in [0.05, 0.1) is 22.5 Å². The number of anilines is 2. The second-order valence-corrected chi connectivity index (χ2v) is 7.57. The molecular formula is C21H15ClF4N4O. The fourth-order valence-electron chi connectivity index (χ4n) is 3.28. The average molecular weight is 451 g/mol. The van der Waals surface area contributed by atoms with Crippen LogP contribution in [0.3, 0.4) is 0 Å². The van der Waals surface area contributed by atoms with E-state index >= 15 is 4.39 Å². The van der Waals surface area contributed by atoms with Crippen LogP contribution in [0.1, 0.15) is 40.4 Å². The van der Waals surface area contributed by atoms with Crippen LogP contribution in [0.15, 0.2) is 42.9 Å². The lowest BCUT2D eigenvalue weighted by molar-refractivity contribution is -0.141. The van der Waals surface area contributed by atoms with Crippen molar-refractivity contribution in [2.24, 2.45) is 0 Å². The number of amides is 1. The molecule has 0 bridgehead atoms. The second kappa shape index (κ2) is 7.81. The molecule has 1 amide bonds. The number of pyridine rings is 2. The van der Waals surface area contributed by atoms with Crippen LogP contribution in [0.5, 0.6) is 0 Å². The predicted octanol–water partition coefficient (Wildman–Crippen LogP) is 5.67. The summed E-state index contributed by atoms with van der Waals surface area (Å²) in [6, 6.07) is 4.09. The summed E-state index contributed by atoms with van der Waals surface area (Å²) in [4.78, 5) is 19.8. The molecule has 0 unspecified atom stereocenters. The van der Waals surface area contributed by atoms with Crippen molar-refractivity contribution in [1.29, 1.82) is 0 Å². The molecule has 1 aliphatic carbocycles. The topological polar surface area (TPSA) is 80.9 Å². The van der Waals surface area contributed by atoms with Crippen molar-refractivity contribution < 1.29 is 22.4 Å². The summed E-state index contributed by atoms with van der Waals surface area (Å²) in [7, 11) is 0. The van der Waals surface area contributed by atoms with E-state index in [1.807, 2.05) is 0 Å². The molecule has 0 aliphatic heterocycles. The number of nitrogens with zero attached hydrogens (tertiary/aromatic N) is 2. The van der Waals surface area contributed by atoms with E-state index in [9.17, 15) is 18.0 Å². The van der Waals surface area contributed by atoms with Gasteiger partial charge >= 0.3 is 6.18 Å². The minimum atomic E-state index is -4.67. The monoisotopic (exact) mass is 450 g/mol. The van der Waals surface area contributed by atoms with Gasteiger partial charge in [-0.05, 0) is 48.6 Å². The first kappa shape index (κ1) is 21.0. The van der Waals surface area contributed by atoms with Gasteiger partial charge in [0.2, 0.25) is 0 Å². The number of alkyl halides is 3. The smallest absolute Gasteiger partial charge is 0.397 e. The van der Waals surface area contributed by atoms with Crippen molar-refractivity contribution in [2.75, 3.05) is 11.1 Å². The van der Waals surface area contributed by atoms with E-state index in [-0.39, 0.29) is 33.4 Å². The number of nitrogens with two attached hydrogens (primary N) is 1. The Kier molecular flexibility index (Phi) is 5.30. The van der Waals surface area contributed by atoms with E-state index in [2.05, 4.69) is 15.3 Å². The summed E-state index contributed by atoms with van der Waals surface area (Å²) in [5, 5.41) is 2.21. The third-order valence-corrected chi connectivity index (χ3v) is 5.21. The minimum absolute atomic E-state index is 0.0723. The second-order valence-electron chi connectivity index (χ2n) is 7.16. The molecule has 2 heterocycles. The first-order chi connectivity index (χ1) is 14.6. The maximum atomic E-state index is 15.0. The summed E-state index contributed by atoms with van der Waals surface area (Å²) < 4.78 is 53.5. The predicted molar refractivity (Wildman–Crippen MR) is 108 cm³/mol. The Morgan fingerprint density at radius 2 is 1.94 bits per heavy atom. The maximum Gasteiger partial charge on any atom is 0.433 e. The third kappa shape index (κ3) is 4.32. The van der Waals surface area contributed by atoms with Gasteiger partial charge in [0.1, 0.15) is 11.5 Å². The van der Waals surface area contributed by atoms with Gasteiger partial charge in [0, 0.05) is 29.2 Å². The highest BCUT2D eigenvalue weighted by molar-refractivity contribution is 6.34.